The summed E-state index contributed by atoms with van der Waals surface area (Å²) in [6, 6.07) is 6.44. The average molecular weight is 387 g/mol. The first-order valence-electron chi connectivity index (χ1n) is 9.79. The topological polar surface area (TPSA) is 51.7 Å². The standard InChI is InChI=1S/C21H26N2O3S/c1-3-16-6-4-5-7-23(16)20(24)13-27-21-14(2)10-15-11-18-19(12-17(15)22-21)26-9-8-25-18/h10-12,16H,3-9,13H2,1-2H3. The molecule has 2 aliphatic heterocycles. The van der Waals surface area contributed by atoms with Crippen LogP contribution in [0.3, 0.4) is 0 Å². The number of ether oxygens (including phenoxy) is 2. The van der Waals surface area contributed by atoms with Crippen LogP contribution >= 0.6 is 11.8 Å². The van der Waals surface area contributed by atoms with Crippen LogP contribution in [0.2, 0.25) is 0 Å². The van der Waals surface area contributed by atoms with E-state index in [9.17, 15) is 4.79 Å². The number of carbonyl (C=O) groups is 1. The molecule has 1 unspecified atom stereocenters. The molecule has 0 spiro atoms. The summed E-state index contributed by atoms with van der Waals surface area (Å²) in [4.78, 5) is 19.6. The zero-order chi connectivity index (χ0) is 18.8. The highest BCUT2D eigenvalue weighted by Crippen LogP contribution is 2.35. The molecule has 0 bridgehead atoms. The van der Waals surface area contributed by atoms with Crippen LogP contribution in [0.15, 0.2) is 23.2 Å². The summed E-state index contributed by atoms with van der Waals surface area (Å²) in [5.41, 5.74) is 1.96. The molecular weight excluding hydrogens is 360 g/mol. The predicted octanol–water partition coefficient (Wildman–Crippen LogP) is 4.20. The van der Waals surface area contributed by atoms with E-state index in [1.54, 1.807) is 0 Å². The number of fused-ring (bicyclic) bond motifs is 2. The van der Waals surface area contributed by atoms with Crippen molar-refractivity contribution in [2.75, 3.05) is 25.5 Å². The Kier molecular flexibility index (Phi) is 5.43. The van der Waals surface area contributed by atoms with Gasteiger partial charge in [-0.25, -0.2) is 4.98 Å². The van der Waals surface area contributed by atoms with Gasteiger partial charge in [0.2, 0.25) is 5.91 Å². The van der Waals surface area contributed by atoms with Gasteiger partial charge in [0.25, 0.3) is 0 Å². The van der Waals surface area contributed by atoms with Gasteiger partial charge in [-0.05, 0) is 50.3 Å². The normalized spacial score (nSPS) is 19.3. The molecule has 1 atom stereocenters. The second-order valence-electron chi connectivity index (χ2n) is 7.23. The summed E-state index contributed by atoms with van der Waals surface area (Å²) in [6.07, 6.45) is 4.52. The van der Waals surface area contributed by atoms with Crippen LogP contribution in [0.4, 0.5) is 0 Å². The number of amides is 1. The lowest BCUT2D eigenvalue weighted by molar-refractivity contribution is -0.132. The Bertz CT molecular complexity index is 855. The van der Waals surface area contributed by atoms with E-state index in [0.29, 0.717) is 25.0 Å². The van der Waals surface area contributed by atoms with E-state index in [2.05, 4.69) is 17.9 Å². The molecular formula is C21H26N2O3S. The molecule has 144 valence electrons. The van der Waals surface area contributed by atoms with Gasteiger partial charge >= 0.3 is 0 Å². The Morgan fingerprint density at radius 1 is 1.22 bits per heavy atom. The predicted molar refractivity (Wildman–Crippen MR) is 108 cm³/mol. The largest absolute Gasteiger partial charge is 0.486 e. The molecule has 0 radical (unpaired) electrons. The van der Waals surface area contributed by atoms with E-state index in [1.165, 1.54) is 18.2 Å². The summed E-state index contributed by atoms with van der Waals surface area (Å²) in [5, 5.41) is 1.95. The van der Waals surface area contributed by atoms with Gasteiger partial charge in [0.15, 0.2) is 11.5 Å². The molecule has 1 amide bonds. The Morgan fingerprint density at radius 3 is 2.78 bits per heavy atom. The van der Waals surface area contributed by atoms with Crippen LogP contribution in [0.1, 0.15) is 38.2 Å². The minimum absolute atomic E-state index is 0.232. The number of hydrogen-bond donors (Lipinski definition) is 0. The Balaban J connectivity index is 1.51. The maximum absolute atomic E-state index is 12.7. The summed E-state index contributed by atoms with van der Waals surface area (Å²) in [6.45, 7) is 6.26. The smallest absolute Gasteiger partial charge is 0.233 e. The van der Waals surface area contributed by atoms with E-state index < -0.39 is 0 Å². The maximum atomic E-state index is 12.7. The molecule has 1 aromatic heterocycles. The van der Waals surface area contributed by atoms with Gasteiger partial charge in [-0.2, -0.15) is 0 Å². The molecule has 6 heteroatoms. The van der Waals surface area contributed by atoms with Crippen LogP contribution in [0.5, 0.6) is 11.5 Å². The number of nitrogens with zero attached hydrogens (tertiary/aromatic N) is 2. The molecule has 2 aliphatic rings. The monoisotopic (exact) mass is 386 g/mol. The molecule has 27 heavy (non-hydrogen) atoms. The lowest BCUT2D eigenvalue weighted by atomic mass is 10.0. The van der Waals surface area contributed by atoms with E-state index in [-0.39, 0.29) is 5.91 Å². The number of aromatic nitrogens is 1. The molecule has 4 rings (SSSR count). The van der Waals surface area contributed by atoms with Crippen molar-refractivity contribution in [1.29, 1.82) is 0 Å². The lowest BCUT2D eigenvalue weighted by Crippen LogP contribution is -2.44. The van der Waals surface area contributed by atoms with Gasteiger partial charge in [0.05, 0.1) is 11.3 Å². The van der Waals surface area contributed by atoms with E-state index >= 15 is 0 Å². The number of aryl methyl sites for hydroxylation is 1. The minimum Gasteiger partial charge on any atom is -0.486 e. The molecule has 1 aromatic carbocycles. The summed E-state index contributed by atoms with van der Waals surface area (Å²) in [5.74, 6) is 2.20. The van der Waals surface area contributed by atoms with Crippen molar-refractivity contribution in [2.45, 2.75) is 50.6 Å². The van der Waals surface area contributed by atoms with E-state index in [4.69, 9.17) is 14.5 Å². The fourth-order valence-electron chi connectivity index (χ4n) is 3.91. The van der Waals surface area contributed by atoms with Crippen molar-refractivity contribution >= 4 is 28.6 Å². The molecule has 5 nitrogen and oxygen atoms in total. The molecule has 2 aromatic rings. The first kappa shape index (κ1) is 18.4. The Morgan fingerprint density at radius 2 is 2.00 bits per heavy atom. The van der Waals surface area contributed by atoms with Gasteiger partial charge < -0.3 is 14.4 Å². The molecule has 0 N–H and O–H groups in total. The van der Waals surface area contributed by atoms with Crippen molar-refractivity contribution in [3.63, 3.8) is 0 Å². The number of hydrogen-bond acceptors (Lipinski definition) is 5. The Labute approximate surface area is 164 Å². The fraction of sp³-hybridized carbons (Fsp3) is 0.524. The first-order valence-corrected chi connectivity index (χ1v) is 10.8. The number of benzene rings is 1. The van der Waals surface area contributed by atoms with Crippen molar-refractivity contribution in [3.8, 4) is 11.5 Å². The van der Waals surface area contributed by atoms with Crippen molar-refractivity contribution in [3.05, 3.63) is 23.8 Å². The van der Waals surface area contributed by atoms with Gasteiger partial charge in [-0.1, -0.05) is 18.7 Å². The maximum Gasteiger partial charge on any atom is 0.233 e. The lowest BCUT2D eigenvalue weighted by Gasteiger charge is -2.35. The SMILES string of the molecule is CCC1CCCCN1C(=O)CSc1nc2cc3c(cc2cc1C)OCCO3. The van der Waals surface area contributed by atoms with Crippen LogP contribution in [-0.4, -0.2) is 47.3 Å². The van der Waals surface area contributed by atoms with E-state index in [0.717, 1.165) is 58.8 Å². The second-order valence-corrected chi connectivity index (χ2v) is 8.20. The van der Waals surface area contributed by atoms with Crippen LogP contribution in [0.25, 0.3) is 10.9 Å². The van der Waals surface area contributed by atoms with Crippen LogP contribution in [-0.2, 0) is 4.79 Å². The van der Waals surface area contributed by atoms with Gasteiger partial charge in [0.1, 0.15) is 18.2 Å². The molecule has 0 saturated carbocycles. The second kappa shape index (κ2) is 7.97. The summed E-state index contributed by atoms with van der Waals surface area (Å²) < 4.78 is 11.3. The third kappa shape index (κ3) is 3.86. The third-order valence-corrected chi connectivity index (χ3v) is 6.45. The number of rotatable bonds is 4. The van der Waals surface area contributed by atoms with Gasteiger partial charge in [-0.3, -0.25) is 4.79 Å². The molecule has 0 aliphatic carbocycles. The highest BCUT2D eigenvalue weighted by atomic mass is 32.2. The average Bonchev–Trinajstić information content (AvgIpc) is 2.70. The van der Waals surface area contributed by atoms with Crippen LogP contribution in [0, 0.1) is 6.92 Å². The van der Waals surface area contributed by atoms with Gasteiger partial charge in [0, 0.05) is 24.0 Å². The highest BCUT2D eigenvalue weighted by molar-refractivity contribution is 7.99. The van der Waals surface area contributed by atoms with Gasteiger partial charge in [-0.15, -0.1) is 0 Å². The molecule has 3 heterocycles. The zero-order valence-electron chi connectivity index (χ0n) is 16.0. The third-order valence-electron chi connectivity index (χ3n) is 5.37. The minimum atomic E-state index is 0.232. The van der Waals surface area contributed by atoms with Crippen molar-refractivity contribution in [2.24, 2.45) is 0 Å². The summed E-state index contributed by atoms with van der Waals surface area (Å²) in [7, 11) is 0. The number of likely N-dealkylation sites (tertiary alicyclic amines) is 1. The number of carbonyl (C=O) groups excluding carboxylic acids is 1. The van der Waals surface area contributed by atoms with Crippen LogP contribution < -0.4 is 9.47 Å². The van der Waals surface area contributed by atoms with E-state index in [1.807, 2.05) is 19.1 Å². The van der Waals surface area contributed by atoms with Crippen molar-refractivity contribution in [1.82, 2.24) is 9.88 Å². The molecule has 1 fully saturated rings. The fourth-order valence-corrected chi connectivity index (χ4v) is 4.79. The highest BCUT2D eigenvalue weighted by Gasteiger charge is 2.25. The number of pyridine rings is 1. The number of piperidine rings is 1. The quantitative estimate of drug-likeness (QED) is 0.737. The van der Waals surface area contributed by atoms with Crippen molar-refractivity contribution < 1.29 is 14.3 Å². The first-order chi connectivity index (χ1) is 13.2. The number of thioether (sulfide) groups is 1. The Hall–Kier alpha value is -1.95. The molecule has 1 saturated heterocycles. The summed E-state index contributed by atoms with van der Waals surface area (Å²) >= 11 is 1.54. The zero-order valence-corrected chi connectivity index (χ0v) is 16.8.